The molecule has 6 rings (SSSR count). The number of hydrogen-bond acceptors (Lipinski definition) is 5. The second-order valence-corrected chi connectivity index (χ2v) is 10.9. The van der Waals surface area contributed by atoms with E-state index in [9.17, 15) is 0 Å². The van der Waals surface area contributed by atoms with Crippen molar-refractivity contribution in [2.45, 2.75) is 37.5 Å². The Morgan fingerprint density at radius 2 is 1.24 bits per heavy atom. The molecule has 6 heteroatoms. The standard InChI is InChI=1S/C19H19O5Si/c1-2-6-16-15(5-1)21-25(22-16,12-13-9-10-14-19(11-13)20-14)23-17-7-3-4-8-18(17)24-25/h1-8,13-14,19H,9-12H2/q-1. The third-order valence-electron chi connectivity index (χ3n) is 5.66. The van der Waals surface area contributed by atoms with E-state index in [1.807, 2.05) is 48.5 Å². The van der Waals surface area contributed by atoms with Crippen LogP contribution in [-0.4, -0.2) is 20.5 Å². The van der Waals surface area contributed by atoms with Crippen molar-refractivity contribution in [2.75, 3.05) is 0 Å². The number of benzene rings is 2. The van der Waals surface area contributed by atoms with Gasteiger partial charge in [-0.3, -0.25) is 0 Å². The Morgan fingerprint density at radius 1 is 0.720 bits per heavy atom. The van der Waals surface area contributed by atoms with E-state index >= 15 is 0 Å². The fourth-order valence-corrected chi connectivity index (χ4v) is 8.79. The van der Waals surface area contributed by atoms with Crippen LogP contribution < -0.4 is 17.7 Å². The summed E-state index contributed by atoms with van der Waals surface area (Å²) >= 11 is 0. The zero-order valence-electron chi connectivity index (χ0n) is 13.7. The fraction of sp³-hybridized carbons (Fsp3) is 0.368. The molecule has 1 spiro atoms. The van der Waals surface area contributed by atoms with E-state index in [0.29, 0.717) is 47.2 Å². The molecule has 0 aromatic heterocycles. The molecule has 5 nitrogen and oxygen atoms in total. The Kier molecular flexibility index (Phi) is 2.53. The Bertz CT molecular complexity index is 755. The molecule has 2 fully saturated rings. The SMILES string of the molecule is c1ccc2c(c1)O[Si-]1(CC3CCC4OC4C3)(O2)Oc2ccccc2O1. The molecule has 1 saturated heterocycles. The van der Waals surface area contributed by atoms with Crippen LogP contribution in [0, 0.1) is 5.92 Å². The molecule has 0 N–H and O–H groups in total. The Morgan fingerprint density at radius 3 is 1.72 bits per heavy atom. The monoisotopic (exact) mass is 355 g/mol. The van der Waals surface area contributed by atoms with E-state index in [1.165, 1.54) is 0 Å². The summed E-state index contributed by atoms with van der Waals surface area (Å²) in [5.41, 5.74) is 0. The van der Waals surface area contributed by atoms with Crippen LogP contribution in [0.4, 0.5) is 0 Å². The van der Waals surface area contributed by atoms with Gasteiger partial charge in [-0.25, -0.2) is 0 Å². The van der Waals surface area contributed by atoms with Crippen molar-refractivity contribution in [1.82, 2.24) is 0 Å². The first kappa shape index (κ1) is 14.0. The predicted molar refractivity (Wildman–Crippen MR) is 92.0 cm³/mol. The first-order chi connectivity index (χ1) is 12.2. The van der Waals surface area contributed by atoms with Gasteiger partial charge in [0.25, 0.3) is 0 Å². The quantitative estimate of drug-likeness (QED) is 0.604. The maximum absolute atomic E-state index is 6.42. The molecule has 3 heterocycles. The molecule has 2 aromatic rings. The molecular formula is C19H19O5Si-. The third kappa shape index (κ3) is 2.04. The number of epoxide rings is 1. The van der Waals surface area contributed by atoms with Gasteiger partial charge in [-0.05, 0) is 0 Å². The first-order valence-electron chi connectivity index (χ1n) is 8.99. The maximum atomic E-state index is 6.42. The van der Waals surface area contributed by atoms with Crippen LogP contribution >= 0.6 is 0 Å². The van der Waals surface area contributed by atoms with E-state index in [2.05, 4.69) is 0 Å². The van der Waals surface area contributed by atoms with E-state index in [-0.39, 0.29) is 0 Å². The van der Waals surface area contributed by atoms with E-state index in [1.54, 1.807) is 0 Å². The van der Waals surface area contributed by atoms with Crippen LogP contribution in [-0.2, 0) is 4.74 Å². The molecular weight excluding hydrogens is 336 g/mol. The van der Waals surface area contributed by atoms with Crippen LogP contribution in [0.1, 0.15) is 19.3 Å². The molecule has 130 valence electrons. The Balaban J connectivity index is 1.40. The molecule has 4 aliphatic rings. The molecule has 2 aromatic carbocycles. The van der Waals surface area contributed by atoms with E-state index < -0.39 is 8.33 Å². The summed E-state index contributed by atoms with van der Waals surface area (Å²) in [6.07, 6.45) is 4.09. The van der Waals surface area contributed by atoms with E-state index in [4.69, 9.17) is 22.4 Å². The van der Waals surface area contributed by atoms with Crippen LogP contribution in [0.3, 0.4) is 0 Å². The fourth-order valence-electron chi connectivity index (χ4n) is 4.52. The molecule has 3 aliphatic heterocycles. The molecule has 0 bridgehead atoms. The van der Waals surface area contributed by atoms with Gasteiger partial charge in [0.15, 0.2) is 0 Å². The van der Waals surface area contributed by atoms with Crippen LogP contribution in [0.5, 0.6) is 23.0 Å². The van der Waals surface area contributed by atoms with Gasteiger partial charge < -0.3 is 0 Å². The second kappa shape index (κ2) is 4.50. The average molecular weight is 355 g/mol. The molecule has 25 heavy (non-hydrogen) atoms. The zero-order chi connectivity index (χ0) is 16.5. The number of rotatable bonds is 2. The van der Waals surface area contributed by atoms with Crippen molar-refractivity contribution in [3.8, 4) is 23.0 Å². The van der Waals surface area contributed by atoms with Gasteiger partial charge in [0.05, 0.1) is 0 Å². The van der Waals surface area contributed by atoms with Gasteiger partial charge in [-0.15, -0.1) is 0 Å². The zero-order valence-corrected chi connectivity index (χ0v) is 14.7. The summed E-state index contributed by atoms with van der Waals surface area (Å²) < 4.78 is 31.4. The molecule has 1 saturated carbocycles. The minimum absolute atomic E-state index is 0.399. The number of fused-ring (bicyclic) bond motifs is 3. The van der Waals surface area contributed by atoms with Crippen molar-refractivity contribution in [1.29, 1.82) is 0 Å². The van der Waals surface area contributed by atoms with Crippen molar-refractivity contribution in [3.63, 3.8) is 0 Å². The Labute approximate surface area is 146 Å². The molecule has 0 radical (unpaired) electrons. The summed E-state index contributed by atoms with van der Waals surface area (Å²) in [4.78, 5) is 0. The van der Waals surface area contributed by atoms with Gasteiger partial charge in [-0.2, -0.15) is 0 Å². The third-order valence-corrected chi connectivity index (χ3v) is 9.36. The molecule has 3 unspecified atom stereocenters. The van der Waals surface area contributed by atoms with Crippen LogP contribution in [0.2, 0.25) is 6.04 Å². The number of para-hydroxylation sites is 4. The normalized spacial score (nSPS) is 33.3. The topological polar surface area (TPSA) is 49.5 Å². The van der Waals surface area contributed by atoms with Gasteiger partial charge in [0.2, 0.25) is 0 Å². The summed E-state index contributed by atoms with van der Waals surface area (Å²) in [5.74, 6) is 3.25. The number of hydrogen-bond donors (Lipinski definition) is 0. The van der Waals surface area contributed by atoms with Crippen molar-refractivity contribution >= 4 is 8.33 Å². The van der Waals surface area contributed by atoms with Crippen molar-refractivity contribution < 1.29 is 22.4 Å². The summed E-state index contributed by atoms with van der Waals surface area (Å²) in [5, 5.41) is 0. The second-order valence-electron chi connectivity index (χ2n) is 7.48. The van der Waals surface area contributed by atoms with Crippen molar-refractivity contribution in [2.24, 2.45) is 5.92 Å². The van der Waals surface area contributed by atoms with Crippen LogP contribution in [0.25, 0.3) is 0 Å². The Hall–Kier alpha value is -2.18. The molecule has 3 atom stereocenters. The van der Waals surface area contributed by atoms with Crippen LogP contribution in [0.15, 0.2) is 48.5 Å². The average Bonchev–Trinajstić information content (AvgIpc) is 3.20. The first-order valence-corrected chi connectivity index (χ1v) is 11.3. The summed E-state index contributed by atoms with van der Waals surface area (Å²) in [6, 6.07) is 16.1. The summed E-state index contributed by atoms with van der Waals surface area (Å²) in [7, 11) is -4.09. The summed E-state index contributed by atoms with van der Waals surface area (Å²) in [6.45, 7) is 0. The molecule has 1 aliphatic carbocycles. The van der Waals surface area contributed by atoms with Gasteiger partial charge in [0, 0.05) is 0 Å². The van der Waals surface area contributed by atoms with Gasteiger partial charge >= 0.3 is 146 Å². The van der Waals surface area contributed by atoms with Crippen molar-refractivity contribution in [3.05, 3.63) is 48.5 Å². The van der Waals surface area contributed by atoms with Gasteiger partial charge in [0.1, 0.15) is 0 Å². The predicted octanol–water partition coefficient (Wildman–Crippen LogP) is 3.89. The van der Waals surface area contributed by atoms with Gasteiger partial charge in [-0.1, -0.05) is 0 Å². The molecule has 0 amide bonds. The minimum atomic E-state index is -4.09. The number of ether oxygens (including phenoxy) is 1. The van der Waals surface area contributed by atoms with E-state index in [0.717, 1.165) is 19.3 Å².